The second-order valence-corrected chi connectivity index (χ2v) is 5.94. The van der Waals surface area contributed by atoms with Gasteiger partial charge in [0.05, 0.1) is 26.7 Å². The highest BCUT2D eigenvalue weighted by atomic mass is 19.1. The molecule has 0 radical (unpaired) electrons. The predicted molar refractivity (Wildman–Crippen MR) is 98.9 cm³/mol. The number of carbonyl (C=O) groups excluding carboxylic acids is 1. The number of amides is 1. The third-order valence-corrected chi connectivity index (χ3v) is 4.20. The lowest BCUT2D eigenvalue weighted by atomic mass is 10.1. The highest BCUT2D eigenvalue weighted by Gasteiger charge is 2.20. The van der Waals surface area contributed by atoms with Gasteiger partial charge in [-0.3, -0.25) is 9.36 Å². The van der Waals surface area contributed by atoms with Gasteiger partial charge in [-0.15, -0.1) is 0 Å². The standard InChI is InChI=1S/C20H20FN3O3/c1-23(12-14-5-4-6-18(26-2)19(14)27-3)20(25)17-11-22-13-24(17)16-9-7-15(21)8-10-16/h4-11,13H,12H2,1-3H3. The zero-order chi connectivity index (χ0) is 19.4. The first-order valence-corrected chi connectivity index (χ1v) is 8.28. The summed E-state index contributed by atoms with van der Waals surface area (Å²) in [6.07, 6.45) is 3.02. The molecule has 3 aromatic rings. The molecular formula is C20H20FN3O3. The Labute approximate surface area is 156 Å². The van der Waals surface area contributed by atoms with Crippen molar-refractivity contribution < 1.29 is 18.7 Å². The van der Waals surface area contributed by atoms with Crippen molar-refractivity contribution in [3.63, 3.8) is 0 Å². The summed E-state index contributed by atoms with van der Waals surface area (Å²) < 4.78 is 25.5. The average molecular weight is 369 g/mol. The smallest absolute Gasteiger partial charge is 0.272 e. The number of para-hydroxylation sites is 1. The van der Waals surface area contributed by atoms with Crippen LogP contribution in [-0.4, -0.2) is 41.6 Å². The number of benzene rings is 2. The Morgan fingerprint density at radius 3 is 2.56 bits per heavy atom. The van der Waals surface area contributed by atoms with Crippen molar-refractivity contribution in [2.24, 2.45) is 0 Å². The molecule has 3 rings (SSSR count). The Bertz CT molecular complexity index is 938. The van der Waals surface area contributed by atoms with Crippen LogP contribution in [0.15, 0.2) is 55.0 Å². The summed E-state index contributed by atoms with van der Waals surface area (Å²) in [5.41, 5.74) is 1.86. The molecular weight excluding hydrogens is 349 g/mol. The molecule has 0 aliphatic heterocycles. The monoisotopic (exact) mass is 369 g/mol. The Kier molecular flexibility index (Phi) is 5.40. The maximum atomic E-state index is 13.2. The summed E-state index contributed by atoms with van der Waals surface area (Å²) in [4.78, 5) is 18.6. The first kappa shape index (κ1) is 18.4. The van der Waals surface area contributed by atoms with Crippen LogP contribution < -0.4 is 9.47 Å². The van der Waals surface area contributed by atoms with E-state index in [1.807, 2.05) is 12.1 Å². The summed E-state index contributed by atoms with van der Waals surface area (Å²) in [6.45, 7) is 0.327. The van der Waals surface area contributed by atoms with Crippen LogP contribution in [0.4, 0.5) is 4.39 Å². The van der Waals surface area contributed by atoms with Gasteiger partial charge in [-0.1, -0.05) is 12.1 Å². The zero-order valence-corrected chi connectivity index (χ0v) is 15.3. The normalized spacial score (nSPS) is 10.5. The van der Waals surface area contributed by atoms with Crippen molar-refractivity contribution in [3.8, 4) is 17.2 Å². The topological polar surface area (TPSA) is 56.6 Å². The Morgan fingerprint density at radius 1 is 1.15 bits per heavy atom. The van der Waals surface area contributed by atoms with E-state index in [9.17, 15) is 9.18 Å². The highest BCUT2D eigenvalue weighted by molar-refractivity contribution is 5.92. The SMILES string of the molecule is COc1cccc(CN(C)C(=O)c2cncn2-c2ccc(F)cc2)c1OC. The fraction of sp³-hybridized carbons (Fsp3) is 0.200. The third-order valence-electron chi connectivity index (χ3n) is 4.20. The van der Waals surface area contributed by atoms with Crippen molar-refractivity contribution in [2.75, 3.05) is 21.3 Å². The number of aromatic nitrogens is 2. The molecule has 1 heterocycles. The highest BCUT2D eigenvalue weighted by Crippen LogP contribution is 2.31. The van der Waals surface area contributed by atoms with E-state index in [1.54, 1.807) is 48.9 Å². The van der Waals surface area contributed by atoms with Gasteiger partial charge in [0, 0.05) is 24.8 Å². The van der Waals surface area contributed by atoms with Crippen LogP contribution in [0.2, 0.25) is 0 Å². The van der Waals surface area contributed by atoms with E-state index < -0.39 is 0 Å². The van der Waals surface area contributed by atoms with Crippen molar-refractivity contribution in [3.05, 3.63) is 72.1 Å². The Balaban J connectivity index is 1.85. The summed E-state index contributed by atoms with van der Waals surface area (Å²) in [7, 11) is 4.83. The lowest BCUT2D eigenvalue weighted by molar-refractivity contribution is 0.0776. The van der Waals surface area contributed by atoms with E-state index >= 15 is 0 Å². The van der Waals surface area contributed by atoms with Crippen LogP contribution >= 0.6 is 0 Å². The summed E-state index contributed by atoms with van der Waals surface area (Å²) >= 11 is 0. The summed E-state index contributed by atoms with van der Waals surface area (Å²) in [5.74, 6) is 0.634. The number of imidazole rings is 1. The van der Waals surface area contributed by atoms with Gasteiger partial charge in [-0.25, -0.2) is 9.37 Å². The van der Waals surface area contributed by atoms with Crippen molar-refractivity contribution in [1.29, 1.82) is 0 Å². The lowest BCUT2D eigenvalue weighted by Gasteiger charge is -2.20. The number of methoxy groups -OCH3 is 2. The van der Waals surface area contributed by atoms with Crippen LogP contribution in [0, 0.1) is 5.82 Å². The minimum atomic E-state index is -0.339. The van der Waals surface area contributed by atoms with Crippen LogP contribution in [0.5, 0.6) is 11.5 Å². The number of halogens is 1. The second-order valence-electron chi connectivity index (χ2n) is 5.94. The molecule has 2 aromatic carbocycles. The van der Waals surface area contributed by atoms with Crippen LogP contribution in [-0.2, 0) is 6.54 Å². The van der Waals surface area contributed by atoms with Gasteiger partial charge < -0.3 is 14.4 Å². The Hall–Kier alpha value is -3.35. The molecule has 0 spiro atoms. The number of rotatable bonds is 6. The van der Waals surface area contributed by atoms with Crippen molar-refractivity contribution in [1.82, 2.24) is 14.5 Å². The maximum absolute atomic E-state index is 13.2. The molecule has 1 amide bonds. The molecule has 0 saturated heterocycles. The zero-order valence-electron chi connectivity index (χ0n) is 15.3. The number of ether oxygens (including phenoxy) is 2. The molecule has 27 heavy (non-hydrogen) atoms. The van der Waals surface area contributed by atoms with E-state index in [0.717, 1.165) is 5.56 Å². The number of hydrogen-bond acceptors (Lipinski definition) is 4. The minimum absolute atomic E-state index is 0.221. The molecule has 1 aromatic heterocycles. The quantitative estimate of drug-likeness (QED) is 0.669. The molecule has 0 fully saturated rings. The minimum Gasteiger partial charge on any atom is -0.493 e. The molecule has 0 unspecified atom stereocenters. The first-order valence-electron chi connectivity index (χ1n) is 8.28. The Morgan fingerprint density at radius 2 is 1.89 bits per heavy atom. The van der Waals surface area contributed by atoms with Gasteiger partial charge in [0.25, 0.3) is 5.91 Å². The molecule has 0 bridgehead atoms. The van der Waals surface area contributed by atoms with Gasteiger partial charge in [0.1, 0.15) is 11.5 Å². The summed E-state index contributed by atoms with van der Waals surface area (Å²) in [5, 5.41) is 0. The van der Waals surface area contributed by atoms with Gasteiger partial charge in [-0.2, -0.15) is 0 Å². The molecule has 0 atom stereocenters. The molecule has 140 valence electrons. The van der Waals surface area contributed by atoms with Crippen LogP contribution in [0.1, 0.15) is 16.1 Å². The second kappa shape index (κ2) is 7.90. The van der Waals surface area contributed by atoms with E-state index in [1.165, 1.54) is 24.7 Å². The molecule has 7 heteroatoms. The van der Waals surface area contributed by atoms with E-state index in [0.29, 0.717) is 29.4 Å². The predicted octanol–water partition coefficient (Wildman–Crippen LogP) is 3.30. The van der Waals surface area contributed by atoms with E-state index in [-0.39, 0.29) is 11.7 Å². The number of hydrogen-bond donors (Lipinski definition) is 0. The molecule has 0 aliphatic carbocycles. The average Bonchev–Trinajstić information content (AvgIpc) is 3.17. The van der Waals surface area contributed by atoms with Crippen molar-refractivity contribution >= 4 is 5.91 Å². The maximum Gasteiger partial charge on any atom is 0.272 e. The molecule has 0 aliphatic rings. The fourth-order valence-electron chi connectivity index (χ4n) is 2.86. The molecule has 6 nitrogen and oxygen atoms in total. The van der Waals surface area contributed by atoms with Crippen LogP contribution in [0.3, 0.4) is 0 Å². The van der Waals surface area contributed by atoms with Gasteiger partial charge in [-0.05, 0) is 30.3 Å². The molecule has 0 N–H and O–H groups in total. The fourth-order valence-corrected chi connectivity index (χ4v) is 2.86. The van der Waals surface area contributed by atoms with Crippen LogP contribution in [0.25, 0.3) is 5.69 Å². The van der Waals surface area contributed by atoms with Crippen molar-refractivity contribution in [2.45, 2.75) is 6.54 Å². The van der Waals surface area contributed by atoms with E-state index in [4.69, 9.17) is 9.47 Å². The lowest BCUT2D eigenvalue weighted by Crippen LogP contribution is -2.28. The summed E-state index contributed by atoms with van der Waals surface area (Å²) in [6, 6.07) is 11.4. The van der Waals surface area contributed by atoms with E-state index in [2.05, 4.69) is 4.98 Å². The number of nitrogens with zero attached hydrogens (tertiary/aromatic N) is 3. The van der Waals surface area contributed by atoms with Gasteiger partial charge >= 0.3 is 0 Å². The largest absolute Gasteiger partial charge is 0.493 e. The number of carbonyl (C=O) groups is 1. The first-order chi connectivity index (χ1) is 13.0. The third kappa shape index (κ3) is 3.76. The molecule has 0 saturated carbocycles. The van der Waals surface area contributed by atoms with Gasteiger partial charge in [0.15, 0.2) is 11.5 Å². The van der Waals surface area contributed by atoms with Gasteiger partial charge in [0.2, 0.25) is 0 Å².